The second-order valence-electron chi connectivity index (χ2n) is 5.11. The van der Waals surface area contributed by atoms with Gasteiger partial charge in [-0.05, 0) is 17.7 Å². The fraction of sp³-hybridized carbons (Fsp3) is 0.158. The average Bonchev–Trinajstić information content (AvgIpc) is 2.65. The summed E-state index contributed by atoms with van der Waals surface area (Å²) in [7, 11) is 3.01. The summed E-state index contributed by atoms with van der Waals surface area (Å²) >= 11 is 5.99. The Morgan fingerprint density at radius 1 is 1.08 bits per heavy atom. The number of carbonyl (C=O) groups is 2. The minimum Gasteiger partial charge on any atom is -0.497 e. The molecule has 0 heterocycles. The summed E-state index contributed by atoms with van der Waals surface area (Å²) in [5.74, 6) is -0.0817. The second-order valence-corrected chi connectivity index (χ2v) is 5.52. The van der Waals surface area contributed by atoms with Crippen molar-refractivity contribution in [3.05, 3.63) is 59.1 Å². The minimum absolute atomic E-state index is 0.425. The normalized spacial score (nSPS) is 10.4. The standard InChI is InChI=1S/C19H18ClNO5/c1-24-15-9-14(10-16(11-15)25-2)21-18(22)12-26-19(23)8-7-13-5-3-4-6-17(13)20/h3-11H,12H2,1-2H3,(H,21,22)/b8-7+. The molecule has 0 unspecified atom stereocenters. The summed E-state index contributed by atoms with van der Waals surface area (Å²) in [6, 6.07) is 12.0. The molecule has 1 amide bonds. The quantitative estimate of drug-likeness (QED) is 0.591. The molecular weight excluding hydrogens is 358 g/mol. The Balaban J connectivity index is 1.88. The number of esters is 1. The van der Waals surface area contributed by atoms with Crippen LogP contribution < -0.4 is 14.8 Å². The summed E-state index contributed by atoms with van der Waals surface area (Å²) in [6.07, 6.45) is 2.73. The highest BCUT2D eigenvalue weighted by Crippen LogP contribution is 2.25. The molecule has 0 aliphatic heterocycles. The monoisotopic (exact) mass is 375 g/mol. The number of anilines is 1. The topological polar surface area (TPSA) is 73.9 Å². The Hall–Kier alpha value is -2.99. The van der Waals surface area contributed by atoms with Crippen LogP contribution in [0.25, 0.3) is 6.08 Å². The molecule has 2 rings (SSSR count). The molecule has 0 aliphatic rings. The molecule has 0 aromatic heterocycles. The summed E-state index contributed by atoms with van der Waals surface area (Å²) < 4.78 is 15.2. The van der Waals surface area contributed by atoms with Crippen molar-refractivity contribution >= 4 is 35.2 Å². The van der Waals surface area contributed by atoms with Gasteiger partial charge in [0.15, 0.2) is 6.61 Å². The van der Waals surface area contributed by atoms with Crippen LogP contribution in [0.4, 0.5) is 5.69 Å². The van der Waals surface area contributed by atoms with Gasteiger partial charge in [-0.15, -0.1) is 0 Å². The second kappa shape index (κ2) is 9.48. The number of rotatable bonds is 7. The van der Waals surface area contributed by atoms with Gasteiger partial charge in [-0.3, -0.25) is 4.79 Å². The lowest BCUT2D eigenvalue weighted by Crippen LogP contribution is -2.20. The van der Waals surface area contributed by atoms with Crippen molar-refractivity contribution in [3.8, 4) is 11.5 Å². The minimum atomic E-state index is -0.650. The van der Waals surface area contributed by atoms with E-state index in [1.807, 2.05) is 0 Å². The predicted octanol–water partition coefficient (Wildman–Crippen LogP) is 3.55. The van der Waals surface area contributed by atoms with Crippen LogP contribution in [0.1, 0.15) is 5.56 Å². The Morgan fingerprint density at radius 2 is 1.73 bits per heavy atom. The Labute approximate surface area is 156 Å². The van der Waals surface area contributed by atoms with E-state index in [1.54, 1.807) is 42.5 Å². The van der Waals surface area contributed by atoms with Crippen LogP contribution in [-0.4, -0.2) is 32.7 Å². The molecule has 0 spiro atoms. The lowest BCUT2D eigenvalue weighted by molar-refractivity contribution is -0.142. The number of hydrogen-bond acceptors (Lipinski definition) is 5. The highest BCUT2D eigenvalue weighted by molar-refractivity contribution is 6.32. The molecule has 2 aromatic carbocycles. The van der Waals surface area contributed by atoms with E-state index in [1.165, 1.54) is 26.4 Å². The van der Waals surface area contributed by atoms with Crippen molar-refractivity contribution < 1.29 is 23.8 Å². The number of nitrogens with one attached hydrogen (secondary N) is 1. The van der Waals surface area contributed by atoms with E-state index >= 15 is 0 Å². The molecular formula is C19H18ClNO5. The van der Waals surface area contributed by atoms with Crippen molar-refractivity contribution in [2.24, 2.45) is 0 Å². The average molecular weight is 376 g/mol. The summed E-state index contributed by atoms with van der Waals surface area (Å²) in [6.45, 7) is -0.425. The first-order valence-corrected chi connectivity index (χ1v) is 8.02. The van der Waals surface area contributed by atoms with Gasteiger partial charge < -0.3 is 19.5 Å². The maximum Gasteiger partial charge on any atom is 0.331 e. The van der Waals surface area contributed by atoms with Crippen LogP contribution in [0.2, 0.25) is 5.02 Å². The summed E-state index contributed by atoms with van der Waals surface area (Å²) in [4.78, 5) is 23.6. The van der Waals surface area contributed by atoms with Gasteiger partial charge in [0, 0.05) is 35.0 Å². The summed E-state index contributed by atoms with van der Waals surface area (Å²) in [5.41, 5.74) is 1.15. The van der Waals surface area contributed by atoms with Gasteiger partial charge in [-0.25, -0.2) is 4.79 Å². The molecule has 0 saturated heterocycles. The number of benzene rings is 2. The van der Waals surface area contributed by atoms with Crippen molar-refractivity contribution in [1.82, 2.24) is 0 Å². The van der Waals surface area contributed by atoms with Crippen LogP contribution >= 0.6 is 11.6 Å². The number of ether oxygens (including phenoxy) is 3. The first kappa shape index (κ1) is 19.3. The highest BCUT2D eigenvalue weighted by Gasteiger charge is 2.08. The zero-order valence-electron chi connectivity index (χ0n) is 14.3. The molecule has 6 nitrogen and oxygen atoms in total. The first-order chi connectivity index (χ1) is 12.5. The van der Waals surface area contributed by atoms with Crippen LogP contribution in [0, 0.1) is 0 Å². The maximum atomic E-state index is 11.9. The van der Waals surface area contributed by atoms with Gasteiger partial charge in [0.2, 0.25) is 0 Å². The Bertz CT molecular complexity index is 797. The van der Waals surface area contributed by atoms with Gasteiger partial charge in [0.1, 0.15) is 11.5 Å². The molecule has 26 heavy (non-hydrogen) atoms. The molecule has 1 N–H and O–H groups in total. The molecule has 136 valence electrons. The Morgan fingerprint density at radius 3 is 2.35 bits per heavy atom. The van der Waals surface area contributed by atoms with Gasteiger partial charge in [-0.1, -0.05) is 29.8 Å². The van der Waals surface area contributed by atoms with E-state index in [-0.39, 0.29) is 0 Å². The molecule has 0 fully saturated rings. The van der Waals surface area contributed by atoms with Crippen molar-refractivity contribution in [2.75, 3.05) is 26.1 Å². The largest absolute Gasteiger partial charge is 0.497 e. The molecule has 0 bridgehead atoms. The molecule has 0 radical (unpaired) electrons. The van der Waals surface area contributed by atoms with E-state index in [9.17, 15) is 9.59 Å². The molecule has 2 aromatic rings. The van der Waals surface area contributed by atoms with Crippen molar-refractivity contribution in [2.45, 2.75) is 0 Å². The van der Waals surface area contributed by atoms with Gasteiger partial charge in [0.05, 0.1) is 14.2 Å². The van der Waals surface area contributed by atoms with E-state index in [0.29, 0.717) is 27.8 Å². The zero-order chi connectivity index (χ0) is 18.9. The number of carbonyl (C=O) groups excluding carboxylic acids is 2. The van der Waals surface area contributed by atoms with Gasteiger partial charge in [0.25, 0.3) is 5.91 Å². The fourth-order valence-corrected chi connectivity index (χ4v) is 2.23. The number of hydrogen-bond donors (Lipinski definition) is 1. The zero-order valence-corrected chi connectivity index (χ0v) is 15.1. The van der Waals surface area contributed by atoms with E-state index in [2.05, 4.69) is 5.32 Å². The smallest absolute Gasteiger partial charge is 0.331 e. The maximum absolute atomic E-state index is 11.9. The number of methoxy groups -OCH3 is 2. The Kier molecular flexibility index (Phi) is 7.05. The number of amides is 1. The fourth-order valence-electron chi connectivity index (χ4n) is 2.03. The van der Waals surface area contributed by atoms with Crippen LogP contribution in [0.15, 0.2) is 48.5 Å². The SMILES string of the molecule is COc1cc(NC(=O)COC(=O)/C=C/c2ccccc2Cl)cc(OC)c1. The molecule has 7 heteroatoms. The van der Waals surface area contributed by atoms with Gasteiger partial charge >= 0.3 is 5.97 Å². The lowest BCUT2D eigenvalue weighted by atomic mass is 10.2. The lowest BCUT2D eigenvalue weighted by Gasteiger charge is -2.09. The first-order valence-electron chi connectivity index (χ1n) is 7.64. The van der Waals surface area contributed by atoms with Crippen molar-refractivity contribution in [3.63, 3.8) is 0 Å². The van der Waals surface area contributed by atoms with E-state index in [0.717, 1.165) is 0 Å². The number of halogens is 1. The van der Waals surface area contributed by atoms with E-state index in [4.69, 9.17) is 25.8 Å². The summed E-state index contributed by atoms with van der Waals surface area (Å²) in [5, 5.41) is 3.12. The highest BCUT2D eigenvalue weighted by atomic mass is 35.5. The van der Waals surface area contributed by atoms with Crippen LogP contribution in [0.5, 0.6) is 11.5 Å². The molecule has 0 aliphatic carbocycles. The third-order valence-corrected chi connectivity index (χ3v) is 3.63. The van der Waals surface area contributed by atoms with Crippen LogP contribution in [-0.2, 0) is 14.3 Å². The van der Waals surface area contributed by atoms with E-state index < -0.39 is 18.5 Å². The third kappa shape index (κ3) is 5.82. The molecule has 0 saturated carbocycles. The predicted molar refractivity (Wildman–Crippen MR) is 99.6 cm³/mol. The third-order valence-electron chi connectivity index (χ3n) is 3.28. The molecule has 0 atom stereocenters. The van der Waals surface area contributed by atoms with Crippen molar-refractivity contribution in [1.29, 1.82) is 0 Å². The van der Waals surface area contributed by atoms with Crippen LogP contribution in [0.3, 0.4) is 0 Å². The van der Waals surface area contributed by atoms with Gasteiger partial charge in [-0.2, -0.15) is 0 Å².